The number of carbonyl (C=O) groups is 2. The second kappa shape index (κ2) is 10.3. The van der Waals surface area contributed by atoms with Gasteiger partial charge in [-0.25, -0.2) is 0 Å². The van der Waals surface area contributed by atoms with Gasteiger partial charge in [-0.2, -0.15) is 0 Å². The molecular weight excluding hydrogens is 456 g/mol. The summed E-state index contributed by atoms with van der Waals surface area (Å²) < 4.78 is 17.1. The standard InChI is InChI=1S/C29H30N2O5/c1-34-21-13-11-20(12-14-21)27(32)30-24(18-22-8-7-17-35-22)28(33)31-25-19-29(15-5-2-6-16-29)36-26-10-4-3-9-23(25)26/h3-4,7-14,17-18,25H,2,5-6,15-16,19H2,1H3,(H,30,32)(H,31,33)/b24-18-/t25-/m1/s1. The van der Waals surface area contributed by atoms with Crippen LogP contribution in [0.1, 0.15) is 66.2 Å². The van der Waals surface area contributed by atoms with E-state index in [-0.39, 0.29) is 23.2 Å². The smallest absolute Gasteiger partial charge is 0.268 e. The van der Waals surface area contributed by atoms with Crippen molar-refractivity contribution in [2.24, 2.45) is 0 Å². The van der Waals surface area contributed by atoms with Crippen LogP contribution in [0.3, 0.4) is 0 Å². The second-order valence-electron chi connectivity index (χ2n) is 9.37. The van der Waals surface area contributed by atoms with E-state index in [0.29, 0.717) is 23.5 Å². The van der Waals surface area contributed by atoms with Gasteiger partial charge in [-0.3, -0.25) is 9.59 Å². The highest BCUT2D eigenvalue weighted by Crippen LogP contribution is 2.46. The van der Waals surface area contributed by atoms with Gasteiger partial charge in [0.2, 0.25) is 0 Å². The lowest BCUT2D eigenvalue weighted by Gasteiger charge is -2.44. The van der Waals surface area contributed by atoms with Crippen LogP contribution in [-0.2, 0) is 4.79 Å². The van der Waals surface area contributed by atoms with E-state index in [4.69, 9.17) is 13.9 Å². The van der Waals surface area contributed by atoms with Gasteiger partial charge in [0.05, 0.1) is 19.4 Å². The fraction of sp³-hybridized carbons (Fsp3) is 0.310. The number of methoxy groups -OCH3 is 1. The number of rotatable bonds is 6. The van der Waals surface area contributed by atoms with Gasteiger partial charge >= 0.3 is 0 Å². The number of nitrogens with one attached hydrogen (secondary N) is 2. The number of para-hydroxylation sites is 1. The number of ether oxygens (including phenoxy) is 2. The lowest BCUT2D eigenvalue weighted by molar-refractivity contribution is -0.119. The van der Waals surface area contributed by atoms with Crippen LogP contribution in [-0.4, -0.2) is 24.5 Å². The third-order valence-electron chi connectivity index (χ3n) is 6.94. The van der Waals surface area contributed by atoms with Crippen molar-refractivity contribution in [3.8, 4) is 11.5 Å². The topological polar surface area (TPSA) is 89.8 Å². The van der Waals surface area contributed by atoms with Crippen LogP contribution < -0.4 is 20.1 Å². The minimum absolute atomic E-state index is 0.104. The molecule has 1 atom stereocenters. The van der Waals surface area contributed by atoms with Gasteiger partial charge < -0.3 is 24.5 Å². The van der Waals surface area contributed by atoms with E-state index < -0.39 is 5.91 Å². The molecule has 0 radical (unpaired) electrons. The van der Waals surface area contributed by atoms with E-state index in [1.165, 1.54) is 12.7 Å². The van der Waals surface area contributed by atoms with E-state index in [1.807, 2.05) is 24.3 Å². The SMILES string of the molecule is COc1ccc(C(=O)N/C(=C\c2ccco2)C(=O)N[C@@H]2CC3(CCCCC3)Oc3ccccc32)cc1. The van der Waals surface area contributed by atoms with Gasteiger partial charge in [0.15, 0.2) is 0 Å². The van der Waals surface area contributed by atoms with Crippen LogP contribution >= 0.6 is 0 Å². The summed E-state index contributed by atoms with van der Waals surface area (Å²) in [5, 5.41) is 5.94. The summed E-state index contributed by atoms with van der Waals surface area (Å²) in [6.45, 7) is 0. The molecule has 3 aromatic rings. The molecule has 1 spiro atoms. The first-order chi connectivity index (χ1) is 17.5. The Morgan fingerprint density at radius 2 is 1.78 bits per heavy atom. The molecule has 1 aromatic heterocycles. The molecule has 7 nitrogen and oxygen atoms in total. The van der Waals surface area contributed by atoms with E-state index in [1.54, 1.807) is 49.6 Å². The monoisotopic (exact) mass is 486 g/mol. The van der Waals surface area contributed by atoms with Gasteiger partial charge in [-0.05, 0) is 68.1 Å². The molecule has 0 saturated heterocycles. The van der Waals surface area contributed by atoms with Gasteiger partial charge in [0, 0.05) is 23.6 Å². The van der Waals surface area contributed by atoms with Crippen molar-refractivity contribution in [1.29, 1.82) is 0 Å². The number of benzene rings is 2. The third-order valence-corrected chi connectivity index (χ3v) is 6.94. The van der Waals surface area contributed by atoms with Crippen molar-refractivity contribution >= 4 is 17.9 Å². The zero-order chi connectivity index (χ0) is 25.0. The Balaban J connectivity index is 1.40. The quantitative estimate of drug-likeness (QED) is 0.455. The Morgan fingerprint density at radius 3 is 2.50 bits per heavy atom. The van der Waals surface area contributed by atoms with Crippen molar-refractivity contribution in [1.82, 2.24) is 10.6 Å². The lowest BCUT2D eigenvalue weighted by Crippen LogP contribution is -2.47. The van der Waals surface area contributed by atoms with Crippen LogP contribution in [0, 0.1) is 0 Å². The van der Waals surface area contributed by atoms with Gasteiger partial charge in [0.25, 0.3) is 11.8 Å². The fourth-order valence-corrected chi connectivity index (χ4v) is 5.10. The molecule has 2 N–H and O–H groups in total. The molecule has 1 fully saturated rings. The molecule has 1 aliphatic heterocycles. The Hall–Kier alpha value is -4.00. The predicted octanol–water partition coefficient (Wildman–Crippen LogP) is 5.40. The Bertz CT molecular complexity index is 1240. The maximum atomic E-state index is 13.6. The van der Waals surface area contributed by atoms with Crippen molar-refractivity contribution in [3.05, 3.63) is 89.5 Å². The highest BCUT2D eigenvalue weighted by molar-refractivity contribution is 6.05. The summed E-state index contributed by atoms with van der Waals surface area (Å²) in [6, 6.07) is 17.8. The van der Waals surface area contributed by atoms with Crippen LogP contribution in [0.4, 0.5) is 0 Å². The number of amides is 2. The van der Waals surface area contributed by atoms with Crippen LogP contribution in [0.15, 0.2) is 77.0 Å². The molecule has 2 aliphatic rings. The van der Waals surface area contributed by atoms with Gasteiger partial charge in [-0.1, -0.05) is 24.6 Å². The molecule has 2 aromatic carbocycles. The van der Waals surface area contributed by atoms with Crippen molar-refractivity contribution < 1.29 is 23.5 Å². The number of hydrogen-bond acceptors (Lipinski definition) is 5. The number of fused-ring (bicyclic) bond motifs is 1. The molecule has 36 heavy (non-hydrogen) atoms. The first kappa shape index (κ1) is 23.7. The van der Waals surface area contributed by atoms with Crippen LogP contribution in [0.2, 0.25) is 0 Å². The molecule has 1 saturated carbocycles. The summed E-state index contributed by atoms with van der Waals surface area (Å²) in [5.74, 6) is 1.13. The minimum atomic E-state index is -0.401. The van der Waals surface area contributed by atoms with E-state index in [0.717, 1.165) is 37.0 Å². The average molecular weight is 487 g/mol. The highest BCUT2D eigenvalue weighted by atomic mass is 16.5. The zero-order valence-electron chi connectivity index (χ0n) is 20.3. The van der Waals surface area contributed by atoms with Crippen LogP contribution in [0.5, 0.6) is 11.5 Å². The second-order valence-corrected chi connectivity index (χ2v) is 9.37. The first-order valence-corrected chi connectivity index (χ1v) is 12.3. The van der Waals surface area contributed by atoms with Gasteiger partial charge in [0.1, 0.15) is 28.6 Å². The molecule has 2 heterocycles. The molecule has 0 unspecified atom stereocenters. The van der Waals surface area contributed by atoms with Crippen molar-refractivity contribution in [2.75, 3.05) is 7.11 Å². The first-order valence-electron chi connectivity index (χ1n) is 12.3. The minimum Gasteiger partial charge on any atom is -0.497 e. The number of furan rings is 1. The summed E-state index contributed by atoms with van der Waals surface area (Å²) in [6.07, 6.45) is 9.13. The largest absolute Gasteiger partial charge is 0.497 e. The van der Waals surface area contributed by atoms with Crippen molar-refractivity contribution in [3.63, 3.8) is 0 Å². The molecule has 1 aliphatic carbocycles. The normalized spacial score (nSPS) is 18.6. The Labute approximate surface area is 210 Å². The predicted molar refractivity (Wildman–Crippen MR) is 136 cm³/mol. The fourth-order valence-electron chi connectivity index (χ4n) is 5.10. The lowest BCUT2D eigenvalue weighted by atomic mass is 9.77. The maximum absolute atomic E-state index is 13.6. The molecule has 5 rings (SSSR count). The Kier molecular flexibility index (Phi) is 6.80. The summed E-state index contributed by atoms with van der Waals surface area (Å²) in [4.78, 5) is 26.6. The number of hydrogen-bond donors (Lipinski definition) is 2. The van der Waals surface area contributed by atoms with E-state index in [9.17, 15) is 9.59 Å². The zero-order valence-corrected chi connectivity index (χ0v) is 20.3. The molecular formula is C29H30N2O5. The van der Waals surface area contributed by atoms with Crippen LogP contribution in [0.25, 0.3) is 6.08 Å². The molecule has 7 heteroatoms. The van der Waals surface area contributed by atoms with Gasteiger partial charge in [-0.15, -0.1) is 0 Å². The molecule has 2 amide bonds. The summed E-state index contributed by atoms with van der Waals surface area (Å²) >= 11 is 0. The van der Waals surface area contributed by atoms with E-state index in [2.05, 4.69) is 10.6 Å². The summed E-state index contributed by atoms with van der Waals surface area (Å²) in [5.41, 5.74) is 1.18. The molecule has 186 valence electrons. The van der Waals surface area contributed by atoms with Crippen molar-refractivity contribution in [2.45, 2.75) is 50.2 Å². The number of carbonyl (C=O) groups excluding carboxylic acids is 2. The highest BCUT2D eigenvalue weighted by Gasteiger charge is 2.42. The maximum Gasteiger partial charge on any atom is 0.268 e. The summed E-state index contributed by atoms with van der Waals surface area (Å²) in [7, 11) is 1.56. The molecule has 0 bridgehead atoms. The Morgan fingerprint density at radius 1 is 1.00 bits per heavy atom. The van der Waals surface area contributed by atoms with E-state index >= 15 is 0 Å². The average Bonchev–Trinajstić information content (AvgIpc) is 3.42. The third kappa shape index (κ3) is 5.15.